The van der Waals surface area contributed by atoms with Crippen molar-refractivity contribution < 1.29 is 18.0 Å². The molecular weight excluding hydrogens is 405 g/mol. The van der Waals surface area contributed by atoms with E-state index in [1.807, 2.05) is 6.07 Å². The number of rotatable bonds is 4. The number of aryl methyl sites for hydroxylation is 1. The number of thioether (sulfide) groups is 1. The number of Topliss-reactive ketones (excluding diaryl/α,β-unsaturated/α-hetero) is 1. The largest absolute Gasteiger partial charge is 0.433 e. The van der Waals surface area contributed by atoms with Gasteiger partial charge in [-0.15, -0.1) is 0 Å². The van der Waals surface area contributed by atoms with Gasteiger partial charge in [0.2, 0.25) is 0 Å². The molecule has 3 nitrogen and oxygen atoms in total. The highest BCUT2D eigenvalue weighted by molar-refractivity contribution is 9.10. The Balaban J connectivity index is 2.25. The normalized spacial score (nSPS) is 11.2. The van der Waals surface area contributed by atoms with E-state index in [0.29, 0.717) is 5.56 Å². The lowest BCUT2D eigenvalue weighted by molar-refractivity contribution is -0.141. The van der Waals surface area contributed by atoms with Gasteiger partial charge in [-0.05, 0) is 30.7 Å². The summed E-state index contributed by atoms with van der Waals surface area (Å²) in [6.07, 6.45) is -4.61. The van der Waals surface area contributed by atoms with Crippen molar-refractivity contribution in [3.8, 4) is 6.07 Å². The van der Waals surface area contributed by atoms with E-state index < -0.39 is 11.9 Å². The van der Waals surface area contributed by atoms with Crippen LogP contribution in [0.15, 0.2) is 39.8 Å². The summed E-state index contributed by atoms with van der Waals surface area (Å²) in [6.45, 7) is 1.41. The molecule has 0 aliphatic heterocycles. The van der Waals surface area contributed by atoms with Crippen LogP contribution >= 0.6 is 27.7 Å². The maximum absolute atomic E-state index is 12.9. The molecule has 124 valence electrons. The highest BCUT2D eigenvalue weighted by atomic mass is 79.9. The Kier molecular flexibility index (Phi) is 5.67. The molecule has 1 aromatic heterocycles. The fourth-order valence-electron chi connectivity index (χ4n) is 1.88. The third-order valence-corrected chi connectivity index (χ3v) is 4.60. The van der Waals surface area contributed by atoms with E-state index in [4.69, 9.17) is 5.26 Å². The first-order chi connectivity index (χ1) is 11.2. The number of pyridine rings is 1. The molecule has 0 aliphatic carbocycles. The summed E-state index contributed by atoms with van der Waals surface area (Å²) in [5.74, 6) is -0.363. The second-order valence-electron chi connectivity index (χ2n) is 4.83. The predicted molar refractivity (Wildman–Crippen MR) is 87.9 cm³/mol. The van der Waals surface area contributed by atoms with Crippen LogP contribution in [0.1, 0.15) is 27.2 Å². The van der Waals surface area contributed by atoms with Crippen molar-refractivity contribution in [2.45, 2.75) is 18.1 Å². The van der Waals surface area contributed by atoms with E-state index in [9.17, 15) is 18.0 Å². The minimum atomic E-state index is -4.61. The number of ketones is 1. The van der Waals surface area contributed by atoms with E-state index in [0.717, 1.165) is 22.3 Å². The van der Waals surface area contributed by atoms with Gasteiger partial charge in [0.05, 0.1) is 11.3 Å². The van der Waals surface area contributed by atoms with E-state index in [2.05, 4.69) is 20.9 Å². The molecule has 0 saturated heterocycles. The highest BCUT2D eigenvalue weighted by Crippen LogP contribution is 2.32. The van der Waals surface area contributed by atoms with Crippen molar-refractivity contribution in [1.82, 2.24) is 4.98 Å². The summed E-state index contributed by atoms with van der Waals surface area (Å²) < 4.78 is 39.4. The molecule has 0 aliphatic rings. The maximum Gasteiger partial charge on any atom is 0.433 e. The summed E-state index contributed by atoms with van der Waals surface area (Å²) in [6, 6.07) is 9.31. The van der Waals surface area contributed by atoms with Crippen LogP contribution in [0.5, 0.6) is 0 Å². The topological polar surface area (TPSA) is 53.8 Å². The van der Waals surface area contributed by atoms with E-state index in [-0.39, 0.29) is 27.7 Å². The molecule has 2 rings (SSSR count). The second kappa shape index (κ2) is 7.36. The monoisotopic (exact) mass is 414 g/mol. The molecule has 0 bridgehead atoms. The number of carbonyl (C=O) groups is 1. The molecule has 0 fully saturated rings. The fourth-order valence-corrected chi connectivity index (χ4v) is 3.09. The first kappa shape index (κ1) is 18.5. The van der Waals surface area contributed by atoms with Gasteiger partial charge in [-0.3, -0.25) is 4.79 Å². The molecule has 1 aromatic carbocycles. The number of aromatic nitrogens is 1. The molecule has 0 amide bonds. The summed E-state index contributed by atoms with van der Waals surface area (Å²) in [4.78, 5) is 15.6. The number of alkyl halides is 3. The van der Waals surface area contributed by atoms with Crippen molar-refractivity contribution in [3.05, 3.63) is 57.2 Å². The van der Waals surface area contributed by atoms with Gasteiger partial charge in [-0.25, -0.2) is 4.98 Å². The minimum absolute atomic E-state index is 0.0524. The molecule has 0 saturated carbocycles. The van der Waals surface area contributed by atoms with Gasteiger partial charge in [0.25, 0.3) is 0 Å². The lowest BCUT2D eigenvalue weighted by Gasteiger charge is -2.11. The van der Waals surface area contributed by atoms with E-state index in [1.165, 1.54) is 6.92 Å². The van der Waals surface area contributed by atoms with Crippen molar-refractivity contribution in [2.24, 2.45) is 0 Å². The molecule has 0 atom stereocenters. The van der Waals surface area contributed by atoms with Gasteiger partial charge in [-0.2, -0.15) is 18.4 Å². The predicted octanol–water partition coefficient (Wildman–Crippen LogP) is 5.02. The number of hydrogen-bond donors (Lipinski definition) is 0. The maximum atomic E-state index is 12.9. The quantitative estimate of drug-likeness (QED) is 0.520. The summed E-state index contributed by atoms with van der Waals surface area (Å²) in [5.41, 5.74) is -0.402. The Bertz CT molecular complexity index is 814. The van der Waals surface area contributed by atoms with Gasteiger partial charge in [0, 0.05) is 10.0 Å². The zero-order chi connectivity index (χ0) is 17.9. The van der Waals surface area contributed by atoms with Crippen LogP contribution < -0.4 is 0 Å². The Morgan fingerprint density at radius 3 is 2.50 bits per heavy atom. The first-order valence-electron chi connectivity index (χ1n) is 6.63. The number of benzene rings is 1. The second-order valence-corrected chi connectivity index (χ2v) is 6.71. The Morgan fingerprint density at radius 2 is 1.96 bits per heavy atom. The average Bonchev–Trinajstić information content (AvgIpc) is 2.52. The lowest BCUT2D eigenvalue weighted by Crippen LogP contribution is -2.11. The average molecular weight is 415 g/mol. The van der Waals surface area contributed by atoms with Crippen LogP contribution in [-0.4, -0.2) is 16.5 Å². The SMILES string of the molecule is Cc1cc(C(F)(F)F)nc(SCC(=O)c2ccc(Br)cc2)c1C#N. The molecule has 0 unspecified atom stereocenters. The number of nitrogens with zero attached hydrogens (tertiary/aromatic N) is 2. The molecule has 2 aromatic rings. The van der Waals surface area contributed by atoms with Crippen LogP contribution in [0.25, 0.3) is 0 Å². The zero-order valence-electron chi connectivity index (χ0n) is 12.3. The van der Waals surface area contributed by atoms with Crippen molar-refractivity contribution in [3.63, 3.8) is 0 Å². The molecule has 1 heterocycles. The first-order valence-corrected chi connectivity index (χ1v) is 8.40. The van der Waals surface area contributed by atoms with Gasteiger partial charge in [0.15, 0.2) is 5.78 Å². The van der Waals surface area contributed by atoms with Crippen LogP contribution in [0.2, 0.25) is 0 Å². The Labute approximate surface area is 149 Å². The third kappa shape index (κ3) is 4.36. The fraction of sp³-hybridized carbons (Fsp3) is 0.188. The summed E-state index contributed by atoms with van der Waals surface area (Å²) in [5, 5.41) is 9.04. The molecule has 8 heteroatoms. The van der Waals surface area contributed by atoms with Crippen LogP contribution in [0, 0.1) is 18.3 Å². The van der Waals surface area contributed by atoms with Crippen molar-refractivity contribution in [1.29, 1.82) is 5.26 Å². The van der Waals surface area contributed by atoms with Gasteiger partial charge < -0.3 is 0 Å². The molecular formula is C16H10BrF3N2OS. The summed E-state index contributed by atoms with van der Waals surface area (Å²) in [7, 11) is 0. The minimum Gasteiger partial charge on any atom is -0.293 e. The molecule has 0 N–H and O–H groups in total. The zero-order valence-corrected chi connectivity index (χ0v) is 14.7. The third-order valence-electron chi connectivity index (χ3n) is 3.09. The Morgan fingerprint density at radius 1 is 1.33 bits per heavy atom. The van der Waals surface area contributed by atoms with Gasteiger partial charge in [0.1, 0.15) is 16.8 Å². The number of halogens is 4. The number of carbonyl (C=O) groups excluding carboxylic acids is 1. The Hall–Kier alpha value is -1.85. The molecule has 0 radical (unpaired) electrons. The number of hydrogen-bond acceptors (Lipinski definition) is 4. The molecule has 24 heavy (non-hydrogen) atoms. The van der Waals surface area contributed by atoms with Gasteiger partial charge >= 0.3 is 6.18 Å². The summed E-state index contributed by atoms with van der Waals surface area (Å²) >= 11 is 4.08. The van der Waals surface area contributed by atoms with E-state index in [1.54, 1.807) is 24.3 Å². The van der Waals surface area contributed by atoms with Crippen LogP contribution in [-0.2, 0) is 6.18 Å². The molecule has 0 spiro atoms. The standard InChI is InChI=1S/C16H10BrF3N2OS/c1-9-6-14(16(18,19)20)22-15(12(9)7-21)24-8-13(23)10-2-4-11(17)5-3-10/h2-6H,8H2,1H3. The van der Waals surface area contributed by atoms with Crippen molar-refractivity contribution >= 4 is 33.5 Å². The lowest BCUT2D eigenvalue weighted by atomic mass is 10.1. The number of nitriles is 1. The van der Waals surface area contributed by atoms with Crippen molar-refractivity contribution in [2.75, 3.05) is 5.75 Å². The van der Waals surface area contributed by atoms with E-state index >= 15 is 0 Å². The van der Waals surface area contributed by atoms with Gasteiger partial charge in [-0.1, -0.05) is 39.8 Å². The van der Waals surface area contributed by atoms with Crippen LogP contribution in [0.4, 0.5) is 13.2 Å². The smallest absolute Gasteiger partial charge is 0.293 e. The van der Waals surface area contributed by atoms with Crippen LogP contribution in [0.3, 0.4) is 0 Å². The highest BCUT2D eigenvalue weighted by Gasteiger charge is 2.34.